The molecule has 0 radical (unpaired) electrons. The summed E-state index contributed by atoms with van der Waals surface area (Å²) in [6.07, 6.45) is 1.12. The molecule has 1 saturated heterocycles. The molecule has 0 aliphatic carbocycles. The van der Waals surface area contributed by atoms with E-state index < -0.39 is 0 Å². The van der Waals surface area contributed by atoms with Gasteiger partial charge in [-0.1, -0.05) is 12.1 Å². The van der Waals surface area contributed by atoms with Gasteiger partial charge in [0.2, 0.25) is 0 Å². The van der Waals surface area contributed by atoms with E-state index in [0.717, 1.165) is 60.5 Å². The zero-order chi connectivity index (χ0) is 22.5. The van der Waals surface area contributed by atoms with Crippen LogP contribution in [0, 0.1) is 0 Å². The van der Waals surface area contributed by atoms with Gasteiger partial charge < -0.3 is 15.1 Å². The van der Waals surface area contributed by atoms with Crippen molar-refractivity contribution in [1.82, 2.24) is 24.6 Å². The molecule has 160 valence electrons. The van der Waals surface area contributed by atoms with Gasteiger partial charge in [0.15, 0.2) is 5.65 Å². The minimum absolute atomic E-state index is 0.126. The van der Waals surface area contributed by atoms with Gasteiger partial charge in [-0.2, -0.15) is 0 Å². The molecule has 7 nitrogen and oxygen atoms in total. The quantitative estimate of drug-likeness (QED) is 0.447. The number of nitrogens with zero attached hydrogens (tertiary/aromatic N) is 5. The van der Waals surface area contributed by atoms with Gasteiger partial charge in [0.05, 0.1) is 16.6 Å². The second-order valence-corrected chi connectivity index (χ2v) is 9.75. The Hall–Kier alpha value is -3.00. The number of hydrogen-bond donors (Lipinski definition) is 1. The van der Waals surface area contributed by atoms with Crippen LogP contribution in [-0.2, 0) is 0 Å². The number of benzene rings is 1. The van der Waals surface area contributed by atoms with E-state index in [-0.39, 0.29) is 11.1 Å². The van der Waals surface area contributed by atoms with E-state index in [4.69, 9.17) is 9.97 Å². The topological polar surface area (TPSA) is 65.8 Å². The van der Waals surface area contributed by atoms with E-state index in [0.29, 0.717) is 11.2 Å². The van der Waals surface area contributed by atoms with Crippen LogP contribution >= 0.6 is 0 Å². The number of rotatable bonds is 3. The largest absolute Gasteiger partial charge is 0.370 e. The van der Waals surface area contributed by atoms with Crippen LogP contribution in [0.4, 0.5) is 5.82 Å². The molecule has 0 atom stereocenters. The van der Waals surface area contributed by atoms with Gasteiger partial charge in [-0.05, 0) is 55.6 Å². The van der Waals surface area contributed by atoms with Crippen molar-refractivity contribution in [3.8, 4) is 0 Å². The summed E-state index contributed by atoms with van der Waals surface area (Å²) in [5, 5.41) is 3.68. The van der Waals surface area contributed by atoms with Crippen molar-refractivity contribution in [2.24, 2.45) is 0 Å². The first kappa shape index (κ1) is 20.9. The van der Waals surface area contributed by atoms with E-state index in [1.54, 1.807) is 0 Å². The highest BCUT2D eigenvalue weighted by Crippen LogP contribution is 2.27. The second-order valence-electron chi connectivity index (χ2n) is 9.75. The van der Waals surface area contributed by atoms with Crippen molar-refractivity contribution >= 4 is 63.0 Å². The van der Waals surface area contributed by atoms with Gasteiger partial charge in [0.25, 0.3) is 5.91 Å². The Balaban J connectivity index is 1.72. The van der Waals surface area contributed by atoms with Crippen LogP contribution < -0.4 is 10.2 Å². The number of aromatic nitrogens is 3. The van der Waals surface area contributed by atoms with Crippen LogP contribution in [-0.4, -0.2) is 87.2 Å². The van der Waals surface area contributed by atoms with Crippen LogP contribution in [0.5, 0.6) is 0 Å². The average Bonchev–Trinajstić information content (AvgIpc) is 3.00. The summed E-state index contributed by atoms with van der Waals surface area (Å²) in [5.41, 5.74) is 3.85. The molecule has 5 rings (SSSR count). The Morgan fingerprint density at radius 2 is 1.81 bits per heavy atom. The fourth-order valence-corrected chi connectivity index (χ4v) is 4.41. The standard InChI is InChI=1S/C22H27B3N6O/c1-29-9-4-10-30(12-11-29)18-8-7-14-13-15(21(32)28-22(23,24)25)20-26-16-5-2-3-6-17(16)31(20)19(14)27-18/h2-3,5-8,13H,4,9-12,23-25H2,1H3,(H,28,32). The molecule has 0 unspecified atom stereocenters. The lowest BCUT2D eigenvalue weighted by Crippen LogP contribution is -2.50. The lowest BCUT2D eigenvalue weighted by Gasteiger charge is -2.23. The number of fused-ring (bicyclic) bond motifs is 5. The minimum Gasteiger partial charge on any atom is -0.370 e. The summed E-state index contributed by atoms with van der Waals surface area (Å²) in [6, 6.07) is 14.1. The number of para-hydroxylation sites is 2. The van der Waals surface area contributed by atoms with E-state index >= 15 is 0 Å². The fourth-order valence-electron chi connectivity index (χ4n) is 4.41. The molecule has 1 N–H and O–H groups in total. The lowest BCUT2D eigenvalue weighted by atomic mass is 9.49. The molecule has 4 heterocycles. The highest BCUT2D eigenvalue weighted by Gasteiger charge is 2.22. The first-order valence-corrected chi connectivity index (χ1v) is 11.3. The van der Waals surface area contributed by atoms with Crippen LogP contribution in [0.25, 0.3) is 27.7 Å². The molecule has 4 aromatic rings. The van der Waals surface area contributed by atoms with Gasteiger partial charge in [0, 0.05) is 25.0 Å². The van der Waals surface area contributed by atoms with E-state index in [2.05, 4.69) is 34.3 Å². The van der Waals surface area contributed by atoms with Crippen molar-refractivity contribution in [3.05, 3.63) is 48.0 Å². The average molecular weight is 424 g/mol. The molecular weight excluding hydrogens is 397 g/mol. The van der Waals surface area contributed by atoms with Crippen molar-refractivity contribution < 1.29 is 4.79 Å². The zero-order valence-corrected chi connectivity index (χ0v) is 19.2. The molecule has 0 spiro atoms. The summed E-state index contributed by atoms with van der Waals surface area (Å²) < 4.78 is 2.04. The number of amides is 1. The highest BCUT2D eigenvalue weighted by molar-refractivity contribution is 6.60. The number of nitrogens with one attached hydrogen (secondary N) is 1. The number of likely N-dealkylation sites (N-methyl/N-ethyl adjacent to an activating group) is 1. The molecule has 1 aliphatic heterocycles. The molecular formula is C22H27B3N6O. The first-order chi connectivity index (χ1) is 15.3. The number of anilines is 1. The summed E-state index contributed by atoms with van der Waals surface area (Å²) in [7, 11) is 8.12. The molecule has 1 fully saturated rings. The maximum atomic E-state index is 13.2. The van der Waals surface area contributed by atoms with Gasteiger partial charge in [-0.3, -0.25) is 9.20 Å². The Morgan fingerprint density at radius 1 is 1.00 bits per heavy atom. The van der Waals surface area contributed by atoms with Gasteiger partial charge in [0.1, 0.15) is 35.0 Å². The Labute approximate surface area is 190 Å². The summed E-state index contributed by atoms with van der Waals surface area (Å²) in [4.78, 5) is 27.8. The van der Waals surface area contributed by atoms with Crippen molar-refractivity contribution in [3.63, 3.8) is 0 Å². The molecule has 1 aromatic carbocycles. The third-order valence-corrected chi connectivity index (χ3v) is 5.98. The first-order valence-electron chi connectivity index (χ1n) is 11.3. The van der Waals surface area contributed by atoms with Gasteiger partial charge in [-0.25, -0.2) is 9.97 Å². The molecule has 0 bridgehead atoms. The van der Waals surface area contributed by atoms with E-state index in [1.807, 2.05) is 58.3 Å². The Morgan fingerprint density at radius 3 is 2.62 bits per heavy atom. The van der Waals surface area contributed by atoms with Crippen molar-refractivity contribution in [2.75, 3.05) is 38.1 Å². The van der Waals surface area contributed by atoms with E-state index in [9.17, 15) is 4.79 Å². The van der Waals surface area contributed by atoms with Gasteiger partial charge in [-0.15, -0.1) is 0 Å². The van der Waals surface area contributed by atoms with Gasteiger partial charge >= 0.3 is 0 Å². The van der Waals surface area contributed by atoms with E-state index in [1.165, 1.54) is 0 Å². The smallest absolute Gasteiger partial charge is 0.253 e. The predicted molar refractivity (Wildman–Crippen MR) is 138 cm³/mol. The number of hydrogen-bond acceptors (Lipinski definition) is 5. The minimum atomic E-state index is -0.336. The fraction of sp³-hybridized carbons (Fsp3) is 0.318. The molecule has 0 saturated carbocycles. The third-order valence-electron chi connectivity index (χ3n) is 5.98. The maximum Gasteiger partial charge on any atom is 0.253 e. The number of imidazole rings is 1. The maximum absolute atomic E-state index is 13.2. The number of carbonyl (C=O) groups is 1. The Bertz CT molecular complexity index is 1330. The summed E-state index contributed by atoms with van der Waals surface area (Å²) in [5.74, 6) is 0.845. The predicted octanol–water partition coefficient (Wildman–Crippen LogP) is -0.582. The van der Waals surface area contributed by atoms with Crippen LogP contribution in [0.15, 0.2) is 42.5 Å². The second kappa shape index (κ2) is 7.85. The molecule has 3 aromatic heterocycles. The lowest BCUT2D eigenvalue weighted by molar-refractivity contribution is 0.0954. The van der Waals surface area contributed by atoms with Crippen LogP contribution in [0.3, 0.4) is 0 Å². The zero-order valence-electron chi connectivity index (χ0n) is 19.2. The van der Waals surface area contributed by atoms with Crippen molar-refractivity contribution in [1.29, 1.82) is 0 Å². The SMILES string of the molecule is BC(B)(B)NC(=O)c1cc2ccc(N3CCCN(C)CC3)nc2n2c1nc1ccccc12. The Kier molecular flexibility index (Phi) is 5.12. The third kappa shape index (κ3) is 3.84. The molecule has 10 heteroatoms. The van der Waals surface area contributed by atoms with Crippen LogP contribution in [0.1, 0.15) is 16.8 Å². The molecule has 1 aliphatic rings. The monoisotopic (exact) mass is 424 g/mol. The highest BCUT2D eigenvalue weighted by atomic mass is 16.1. The summed E-state index contributed by atoms with van der Waals surface area (Å²) in [6.45, 7) is 4.07. The van der Waals surface area contributed by atoms with Crippen LogP contribution in [0.2, 0.25) is 0 Å². The van der Waals surface area contributed by atoms with Crippen molar-refractivity contribution in [2.45, 2.75) is 11.7 Å². The molecule has 32 heavy (non-hydrogen) atoms. The number of carbonyl (C=O) groups excluding carboxylic acids is 1. The normalized spacial score (nSPS) is 16.0. The molecule has 1 amide bonds. The number of pyridine rings is 2. The summed E-state index contributed by atoms with van der Waals surface area (Å²) >= 11 is 0.